The monoisotopic (exact) mass is 309 g/mol. The summed E-state index contributed by atoms with van der Waals surface area (Å²) >= 11 is 1.37. The zero-order valence-corrected chi connectivity index (χ0v) is 12.8. The molecule has 5 nitrogen and oxygen atoms in total. The molecule has 21 heavy (non-hydrogen) atoms. The second-order valence-electron chi connectivity index (χ2n) is 5.69. The molecule has 1 N–H and O–H groups in total. The molecule has 1 unspecified atom stereocenters. The van der Waals surface area contributed by atoms with Gasteiger partial charge in [-0.25, -0.2) is 0 Å². The summed E-state index contributed by atoms with van der Waals surface area (Å²) in [6.45, 7) is 2.48. The van der Waals surface area contributed by atoms with Crippen molar-refractivity contribution in [2.45, 2.75) is 32.6 Å². The lowest BCUT2D eigenvalue weighted by molar-refractivity contribution is -0.153. The van der Waals surface area contributed by atoms with E-state index in [0.29, 0.717) is 24.3 Å². The summed E-state index contributed by atoms with van der Waals surface area (Å²) in [6, 6.07) is 3.56. The summed E-state index contributed by atoms with van der Waals surface area (Å²) in [7, 11) is 0. The molecule has 1 aromatic rings. The fraction of sp³-hybridized carbons (Fsp3) is 0.533. The van der Waals surface area contributed by atoms with Crippen LogP contribution in [0.15, 0.2) is 17.5 Å². The maximum Gasteiger partial charge on any atom is 0.311 e. The van der Waals surface area contributed by atoms with Crippen LogP contribution in [0.2, 0.25) is 0 Å². The second kappa shape index (κ2) is 6.39. The predicted molar refractivity (Wildman–Crippen MR) is 79.4 cm³/mol. The van der Waals surface area contributed by atoms with Gasteiger partial charge in [-0.05, 0) is 31.2 Å². The van der Waals surface area contributed by atoms with Gasteiger partial charge in [-0.1, -0.05) is 6.07 Å². The van der Waals surface area contributed by atoms with Crippen LogP contribution in [0.1, 0.15) is 42.3 Å². The lowest BCUT2D eigenvalue weighted by Crippen LogP contribution is -2.48. The van der Waals surface area contributed by atoms with Crippen LogP contribution >= 0.6 is 11.3 Å². The fourth-order valence-corrected chi connectivity index (χ4v) is 3.26. The fourth-order valence-electron chi connectivity index (χ4n) is 2.57. The number of carboxylic acids is 1. The van der Waals surface area contributed by atoms with Crippen LogP contribution in [0, 0.1) is 5.41 Å². The van der Waals surface area contributed by atoms with Crippen molar-refractivity contribution in [1.29, 1.82) is 0 Å². The Morgan fingerprint density at radius 3 is 2.76 bits per heavy atom. The zero-order chi connectivity index (χ0) is 15.5. The van der Waals surface area contributed by atoms with Gasteiger partial charge in [0.1, 0.15) is 0 Å². The third kappa shape index (κ3) is 3.69. The molecule has 6 heteroatoms. The van der Waals surface area contributed by atoms with E-state index in [1.807, 2.05) is 11.4 Å². The predicted octanol–water partition coefficient (Wildman–Crippen LogP) is 2.42. The normalized spacial score (nSPS) is 22.0. The highest BCUT2D eigenvalue weighted by Crippen LogP contribution is 2.30. The first-order valence-electron chi connectivity index (χ1n) is 7.00. The van der Waals surface area contributed by atoms with E-state index >= 15 is 0 Å². The molecule has 1 amide bonds. The molecule has 1 aromatic heterocycles. The van der Waals surface area contributed by atoms with E-state index < -0.39 is 11.4 Å². The molecule has 1 saturated heterocycles. The molecule has 0 bridgehead atoms. The maximum atomic E-state index is 12.2. The number of amides is 1. The van der Waals surface area contributed by atoms with E-state index in [4.69, 9.17) is 0 Å². The number of Topliss-reactive ketones (excluding diaryl/α,β-unsaturated/α-hetero) is 1. The average Bonchev–Trinajstić information content (AvgIpc) is 2.98. The Balaban J connectivity index is 1.88. The molecule has 1 aliphatic heterocycles. The molecule has 0 spiro atoms. The number of ketones is 1. The van der Waals surface area contributed by atoms with Gasteiger partial charge in [0, 0.05) is 25.9 Å². The maximum absolute atomic E-state index is 12.2. The number of carbonyl (C=O) groups excluding carboxylic acids is 2. The first kappa shape index (κ1) is 15.7. The SMILES string of the molecule is CC1(C(=O)O)CCCN(C(=O)CCC(=O)c2cccs2)C1. The molecule has 1 fully saturated rings. The summed E-state index contributed by atoms with van der Waals surface area (Å²) in [5, 5.41) is 11.1. The van der Waals surface area contributed by atoms with E-state index in [2.05, 4.69) is 0 Å². The number of hydrogen-bond donors (Lipinski definition) is 1. The molecule has 2 rings (SSSR count). The van der Waals surface area contributed by atoms with Crippen LogP contribution in [0.4, 0.5) is 0 Å². The quantitative estimate of drug-likeness (QED) is 0.848. The smallest absolute Gasteiger partial charge is 0.311 e. The van der Waals surface area contributed by atoms with Crippen LogP contribution in [0.5, 0.6) is 0 Å². The van der Waals surface area contributed by atoms with Crippen LogP contribution in [-0.4, -0.2) is 40.8 Å². The van der Waals surface area contributed by atoms with Gasteiger partial charge in [-0.15, -0.1) is 11.3 Å². The number of likely N-dealkylation sites (tertiary alicyclic amines) is 1. The summed E-state index contributed by atoms with van der Waals surface area (Å²) in [4.78, 5) is 37.6. The van der Waals surface area contributed by atoms with Gasteiger partial charge in [0.2, 0.25) is 5.91 Å². The topological polar surface area (TPSA) is 74.7 Å². The zero-order valence-electron chi connectivity index (χ0n) is 12.0. The highest BCUT2D eigenvalue weighted by molar-refractivity contribution is 7.12. The average molecular weight is 309 g/mol. The van der Waals surface area contributed by atoms with Crippen molar-refractivity contribution in [2.24, 2.45) is 5.41 Å². The molecule has 0 aromatic carbocycles. The molecular weight excluding hydrogens is 290 g/mol. The van der Waals surface area contributed by atoms with E-state index in [1.165, 1.54) is 11.3 Å². The van der Waals surface area contributed by atoms with E-state index in [0.717, 1.165) is 0 Å². The van der Waals surface area contributed by atoms with Gasteiger partial charge in [-0.3, -0.25) is 14.4 Å². The number of carbonyl (C=O) groups is 3. The minimum absolute atomic E-state index is 0.0312. The standard InChI is InChI=1S/C15H19NO4S/c1-15(14(19)20)7-3-8-16(10-15)13(18)6-5-11(17)12-4-2-9-21-12/h2,4,9H,3,5-8,10H2,1H3,(H,19,20). The van der Waals surface area contributed by atoms with Crippen molar-refractivity contribution < 1.29 is 19.5 Å². The third-order valence-electron chi connectivity index (χ3n) is 3.93. The van der Waals surface area contributed by atoms with E-state index in [9.17, 15) is 19.5 Å². The first-order chi connectivity index (χ1) is 9.92. The highest BCUT2D eigenvalue weighted by atomic mass is 32.1. The minimum atomic E-state index is -0.869. The lowest BCUT2D eigenvalue weighted by Gasteiger charge is -2.37. The second-order valence-corrected chi connectivity index (χ2v) is 6.63. The van der Waals surface area contributed by atoms with Crippen molar-refractivity contribution in [3.05, 3.63) is 22.4 Å². The first-order valence-corrected chi connectivity index (χ1v) is 7.88. The molecule has 0 aliphatic carbocycles. The van der Waals surface area contributed by atoms with Crippen LogP contribution < -0.4 is 0 Å². The van der Waals surface area contributed by atoms with Gasteiger partial charge < -0.3 is 10.0 Å². The largest absolute Gasteiger partial charge is 0.481 e. The van der Waals surface area contributed by atoms with E-state index in [1.54, 1.807) is 17.9 Å². The number of rotatable bonds is 5. The number of piperidine rings is 1. The van der Waals surface area contributed by atoms with Crippen molar-refractivity contribution >= 4 is 29.0 Å². The number of aliphatic carboxylic acids is 1. The van der Waals surface area contributed by atoms with Crippen molar-refractivity contribution in [3.8, 4) is 0 Å². The van der Waals surface area contributed by atoms with Crippen molar-refractivity contribution in [1.82, 2.24) is 4.90 Å². The van der Waals surface area contributed by atoms with Gasteiger partial charge in [0.15, 0.2) is 5.78 Å². The molecule has 114 valence electrons. The van der Waals surface area contributed by atoms with Crippen LogP contribution in [0.25, 0.3) is 0 Å². The number of carboxylic acid groups (broad SMARTS) is 1. The molecule has 0 radical (unpaired) electrons. The Hall–Kier alpha value is -1.69. The Kier molecular flexibility index (Phi) is 4.77. The molecule has 0 saturated carbocycles. The number of thiophene rings is 1. The summed E-state index contributed by atoms with van der Waals surface area (Å²) in [5.41, 5.74) is -0.869. The lowest BCUT2D eigenvalue weighted by atomic mass is 9.82. The molecular formula is C15H19NO4S. The van der Waals surface area contributed by atoms with Crippen LogP contribution in [-0.2, 0) is 9.59 Å². The summed E-state index contributed by atoms with van der Waals surface area (Å²) < 4.78 is 0. The van der Waals surface area contributed by atoms with Crippen molar-refractivity contribution in [2.75, 3.05) is 13.1 Å². The number of hydrogen-bond acceptors (Lipinski definition) is 4. The summed E-state index contributed by atoms with van der Waals surface area (Å²) in [5.74, 6) is -1.03. The van der Waals surface area contributed by atoms with Gasteiger partial charge in [0.05, 0.1) is 10.3 Å². The number of nitrogens with zero attached hydrogens (tertiary/aromatic N) is 1. The third-order valence-corrected chi connectivity index (χ3v) is 4.84. The Labute approximate surface area is 127 Å². The van der Waals surface area contributed by atoms with Gasteiger partial charge in [-0.2, -0.15) is 0 Å². The summed E-state index contributed by atoms with van der Waals surface area (Å²) in [6.07, 6.45) is 1.60. The van der Waals surface area contributed by atoms with E-state index in [-0.39, 0.29) is 31.1 Å². The van der Waals surface area contributed by atoms with Crippen LogP contribution in [0.3, 0.4) is 0 Å². The highest BCUT2D eigenvalue weighted by Gasteiger charge is 2.39. The minimum Gasteiger partial charge on any atom is -0.481 e. The molecule has 1 atom stereocenters. The van der Waals surface area contributed by atoms with Gasteiger partial charge >= 0.3 is 5.97 Å². The Morgan fingerprint density at radius 2 is 2.14 bits per heavy atom. The Bertz CT molecular complexity index is 540. The van der Waals surface area contributed by atoms with Gasteiger partial charge in [0.25, 0.3) is 0 Å². The Morgan fingerprint density at radius 1 is 1.38 bits per heavy atom. The molecule has 1 aliphatic rings. The van der Waals surface area contributed by atoms with Crippen molar-refractivity contribution in [3.63, 3.8) is 0 Å². The molecule has 2 heterocycles.